The molecule has 168 valence electrons. The maximum absolute atomic E-state index is 12.3. The average molecular weight is 417 g/mol. The number of likely N-dealkylation sites (N-methyl/N-ethyl adjacent to an activating group) is 1. The Hall–Kier alpha value is -2.20. The van der Waals surface area contributed by atoms with Crippen molar-refractivity contribution in [3.63, 3.8) is 0 Å². The van der Waals surface area contributed by atoms with Gasteiger partial charge in [-0.1, -0.05) is 13.8 Å². The van der Waals surface area contributed by atoms with Crippen LogP contribution in [0.15, 0.2) is 0 Å². The van der Waals surface area contributed by atoms with Crippen molar-refractivity contribution < 1.29 is 29.0 Å². The molecule has 0 aliphatic carbocycles. The maximum Gasteiger partial charge on any atom is 0.322 e. The minimum Gasteiger partial charge on any atom is -0.480 e. The van der Waals surface area contributed by atoms with Gasteiger partial charge in [-0.2, -0.15) is 0 Å². The zero-order chi connectivity index (χ0) is 22.8. The number of carbonyl (C=O) groups is 4. The van der Waals surface area contributed by atoms with Crippen LogP contribution in [0, 0.1) is 5.92 Å². The van der Waals surface area contributed by atoms with Gasteiger partial charge in [-0.15, -0.1) is 0 Å². The van der Waals surface area contributed by atoms with Crippen LogP contribution in [0.2, 0.25) is 0 Å². The summed E-state index contributed by atoms with van der Waals surface area (Å²) in [5.74, 6) is -1.47. The number of hydrogen-bond acceptors (Lipinski definition) is 7. The lowest BCUT2D eigenvalue weighted by Crippen LogP contribution is -2.60. The monoisotopic (exact) mass is 416 g/mol. The Labute approximate surface area is 172 Å². The predicted octanol–water partition coefficient (Wildman–Crippen LogP) is 0.273. The number of nitrogens with one attached hydrogen (secondary N) is 3. The normalized spacial score (nSPS) is 18.8. The van der Waals surface area contributed by atoms with E-state index in [2.05, 4.69) is 20.8 Å². The van der Waals surface area contributed by atoms with Gasteiger partial charge >= 0.3 is 5.97 Å². The predicted molar refractivity (Wildman–Crippen MR) is 108 cm³/mol. The molecule has 0 spiro atoms. The molecule has 1 rings (SSSR count). The quantitative estimate of drug-likeness (QED) is 0.434. The zero-order valence-corrected chi connectivity index (χ0v) is 18.4. The van der Waals surface area contributed by atoms with Crippen LogP contribution in [0.25, 0.3) is 0 Å². The van der Waals surface area contributed by atoms with Gasteiger partial charge < -0.3 is 20.5 Å². The summed E-state index contributed by atoms with van der Waals surface area (Å²) in [6.45, 7) is 11.8. The molecule has 2 amide bonds. The highest BCUT2D eigenvalue weighted by molar-refractivity contribution is 5.89. The van der Waals surface area contributed by atoms with Crippen molar-refractivity contribution in [3.05, 3.63) is 0 Å². The van der Waals surface area contributed by atoms with E-state index in [9.17, 15) is 19.2 Å². The summed E-state index contributed by atoms with van der Waals surface area (Å²) in [5, 5.41) is 15.9. The molecule has 10 nitrogen and oxygen atoms in total. The molecular weight excluding hydrogens is 380 g/mol. The molecule has 0 bridgehead atoms. The van der Waals surface area contributed by atoms with E-state index in [1.165, 1.54) is 5.01 Å². The number of rotatable bonds is 7. The first-order valence-corrected chi connectivity index (χ1v) is 9.73. The van der Waals surface area contributed by atoms with Crippen LogP contribution < -0.4 is 16.1 Å². The Morgan fingerprint density at radius 3 is 2.21 bits per heavy atom. The number of carboxylic acid groups (broad SMARTS) is 1. The number of carboxylic acids is 1. The fourth-order valence-corrected chi connectivity index (χ4v) is 2.63. The van der Waals surface area contributed by atoms with E-state index >= 15 is 0 Å². The van der Waals surface area contributed by atoms with Crippen molar-refractivity contribution in [3.8, 4) is 0 Å². The topological polar surface area (TPSA) is 137 Å². The van der Waals surface area contributed by atoms with E-state index < -0.39 is 18.1 Å². The Morgan fingerprint density at radius 1 is 1.24 bits per heavy atom. The van der Waals surface area contributed by atoms with Gasteiger partial charge in [-0.05, 0) is 53.5 Å². The van der Waals surface area contributed by atoms with Crippen molar-refractivity contribution in [2.75, 3.05) is 13.6 Å². The molecule has 10 heteroatoms. The fraction of sp³-hybridized carbons (Fsp3) is 0.789. The Balaban J connectivity index is 0.000000956. The fourth-order valence-electron chi connectivity index (χ4n) is 2.63. The van der Waals surface area contributed by atoms with Crippen LogP contribution in [-0.2, 0) is 23.9 Å². The summed E-state index contributed by atoms with van der Waals surface area (Å²) in [6.07, 6.45) is 1.09. The molecule has 1 aliphatic rings. The molecule has 0 radical (unpaired) electrons. The molecule has 0 saturated carbocycles. The molecule has 4 N–H and O–H groups in total. The minimum absolute atomic E-state index is 0.0943. The molecule has 0 aromatic heterocycles. The van der Waals surface area contributed by atoms with E-state index in [0.29, 0.717) is 25.9 Å². The molecule has 3 atom stereocenters. The van der Waals surface area contributed by atoms with Crippen LogP contribution in [0.4, 0.5) is 0 Å². The highest BCUT2D eigenvalue weighted by Crippen LogP contribution is 2.09. The lowest BCUT2D eigenvalue weighted by molar-refractivity contribution is -0.148. The number of nitrogens with zero attached hydrogens (tertiary/aromatic N) is 1. The third kappa shape index (κ3) is 10.2. The molecule has 0 aromatic carbocycles. The number of ether oxygens (including phenoxy) is 1. The number of hydrazine groups is 1. The molecule has 1 saturated heterocycles. The van der Waals surface area contributed by atoms with E-state index in [1.54, 1.807) is 14.0 Å². The minimum atomic E-state index is -0.982. The second kappa shape index (κ2) is 12.4. The Kier molecular flexibility index (Phi) is 11.4. The van der Waals surface area contributed by atoms with Crippen LogP contribution in [0.3, 0.4) is 0 Å². The van der Waals surface area contributed by atoms with E-state index in [4.69, 9.17) is 5.11 Å². The first kappa shape index (κ1) is 26.8. The first-order chi connectivity index (χ1) is 13.3. The zero-order valence-electron chi connectivity index (χ0n) is 18.4. The third-order valence-corrected chi connectivity index (χ3v) is 4.14. The standard InChI is InChI=1S/C14H26N4O4.C5H10O2/c1-8(2)11(15-4)12(19)16-9(3)13(20)18-7-5-6-10(17-18)14(21)22;1-5(2,3)7-4-6/h8-11,15,17H,5-7H2,1-4H3,(H,16,19)(H,21,22);4H,1-3H3. The Bertz CT molecular complexity index is 561. The van der Waals surface area contributed by atoms with Gasteiger partial charge in [0.05, 0.1) is 6.04 Å². The van der Waals surface area contributed by atoms with Crippen LogP contribution in [0.5, 0.6) is 0 Å². The van der Waals surface area contributed by atoms with Gasteiger partial charge in [0.15, 0.2) is 0 Å². The number of hydrogen-bond donors (Lipinski definition) is 4. The number of carbonyl (C=O) groups excluding carboxylic acids is 3. The van der Waals surface area contributed by atoms with Crippen LogP contribution >= 0.6 is 0 Å². The lowest BCUT2D eigenvalue weighted by Gasteiger charge is -2.34. The molecule has 29 heavy (non-hydrogen) atoms. The van der Waals surface area contributed by atoms with E-state index in [1.807, 2.05) is 34.6 Å². The van der Waals surface area contributed by atoms with Gasteiger partial charge in [0, 0.05) is 6.54 Å². The summed E-state index contributed by atoms with van der Waals surface area (Å²) in [4.78, 5) is 45.0. The maximum atomic E-state index is 12.3. The lowest BCUT2D eigenvalue weighted by atomic mass is 10.0. The van der Waals surface area contributed by atoms with E-state index in [-0.39, 0.29) is 29.4 Å². The Morgan fingerprint density at radius 2 is 1.83 bits per heavy atom. The number of amides is 2. The van der Waals surface area contributed by atoms with Gasteiger partial charge in [0.1, 0.15) is 17.7 Å². The average Bonchev–Trinajstić information content (AvgIpc) is 2.60. The second-order valence-electron chi connectivity index (χ2n) is 8.22. The third-order valence-electron chi connectivity index (χ3n) is 4.14. The van der Waals surface area contributed by atoms with Crippen molar-refractivity contribution in [2.45, 2.75) is 78.1 Å². The highest BCUT2D eigenvalue weighted by Gasteiger charge is 2.31. The summed E-state index contributed by atoms with van der Waals surface area (Å²) in [6, 6.07) is -1.86. The van der Waals surface area contributed by atoms with Crippen molar-refractivity contribution >= 4 is 24.3 Å². The summed E-state index contributed by atoms with van der Waals surface area (Å²) in [7, 11) is 1.69. The van der Waals surface area contributed by atoms with Gasteiger partial charge in [0.25, 0.3) is 12.4 Å². The smallest absolute Gasteiger partial charge is 0.322 e. The molecule has 3 unspecified atom stereocenters. The molecular formula is C19H36N4O6. The molecule has 0 aromatic rings. The van der Waals surface area contributed by atoms with Crippen LogP contribution in [0.1, 0.15) is 54.4 Å². The van der Waals surface area contributed by atoms with Crippen molar-refractivity contribution in [1.29, 1.82) is 0 Å². The largest absolute Gasteiger partial charge is 0.480 e. The van der Waals surface area contributed by atoms with Crippen LogP contribution in [-0.4, -0.2) is 71.7 Å². The summed E-state index contributed by atoms with van der Waals surface area (Å²) < 4.78 is 4.55. The van der Waals surface area contributed by atoms with Crippen molar-refractivity contribution in [1.82, 2.24) is 21.1 Å². The SMILES string of the molecule is CC(C)(C)OC=O.CNC(C(=O)NC(C)C(=O)N1CCCC(C(=O)O)N1)C(C)C. The highest BCUT2D eigenvalue weighted by atomic mass is 16.5. The van der Waals surface area contributed by atoms with Gasteiger partial charge in [-0.3, -0.25) is 24.2 Å². The summed E-state index contributed by atoms with van der Waals surface area (Å²) in [5.41, 5.74) is 2.37. The summed E-state index contributed by atoms with van der Waals surface area (Å²) >= 11 is 0. The molecule has 1 heterocycles. The first-order valence-electron chi connectivity index (χ1n) is 9.73. The van der Waals surface area contributed by atoms with Gasteiger partial charge in [0.2, 0.25) is 5.91 Å². The van der Waals surface area contributed by atoms with E-state index in [0.717, 1.165) is 0 Å². The van der Waals surface area contributed by atoms with Gasteiger partial charge in [-0.25, -0.2) is 5.43 Å². The second-order valence-corrected chi connectivity index (χ2v) is 8.22. The molecule has 1 aliphatic heterocycles. The number of aliphatic carboxylic acids is 1. The molecule has 1 fully saturated rings. The van der Waals surface area contributed by atoms with Crippen molar-refractivity contribution in [2.24, 2.45) is 5.92 Å².